The average Bonchev–Trinajstić information content (AvgIpc) is 2.49. The molecule has 2 rings (SSSR count). The van der Waals surface area contributed by atoms with Crippen molar-refractivity contribution in [1.29, 1.82) is 0 Å². The van der Waals surface area contributed by atoms with Crippen LogP contribution < -0.4 is 10.2 Å². The van der Waals surface area contributed by atoms with Gasteiger partial charge in [-0.1, -0.05) is 33.8 Å². The van der Waals surface area contributed by atoms with Gasteiger partial charge in [-0.25, -0.2) is 5.43 Å². The third-order valence-electron chi connectivity index (χ3n) is 4.08. The van der Waals surface area contributed by atoms with Gasteiger partial charge in [-0.05, 0) is 51.4 Å². The lowest BCUT2D eigenvalue weighted by atomic mass is 9.76. The zero-order chi connectivity index (χ0) is 18.6. The maximum absolute atomic E-state index is 11.9. The van der Waals surface area contributed by atoms with Crippen LogP contribution in [0.1, 0.15) is 58.4 Å². The Morgan fingerprint density at radius 2 is 2.08 bits per heavy atom. The summed E-state index contributed by atoms with van der Waals surface area (Å²) < 4.78 is 6.36. The number of hydrazone groups is 1. The summed E-state index contributed by atoms with van der Waals surface area (Å²) in [5, 5.41) is 4.11. The van der Waals surface area contributed by atoms with Gasteiger partial charge in [0, 0.05) is 18.6 Å². The molecule has 1 aliphatic carbocycles. The van der Waals surface area contributed by atoms with Crippen molar-refractivity contribution in [2.45, 2.75) is 52.9 Å². The molecule has 0 aliphatic heterocycles. The highest BCUT2D eigenvalue weighted by atomic mass is 79.9. The van der Waals surface area contributed by atoms with Crippen LogP contribution in [0.4, 0.5) is 0 Å². The molecule has 1 saturated carbocycles. The number of carbonyl (C=O) groups excluding carboxylic acids is 2. The molecule has 1 aliphatic rings. The molecule has 1 fully saturated rings. The Balaban J connectivity index is 1.89. The number of Topliss-reactive ketones (excluding diaryl/α,β-unsaturated/α-hetero) is 1. The topological polar surface area (TPSA) is 67.8 Å². The highest BCUT2D eigenvalue weighted by Crippen LogP contribution is 2.31. The van der Waals surface area contributed by atoms with E-state index in [1.165, 1.54) is 5.56 Å². The number of nitrogens with one attached hydrogen (secondary N) is 1. The summed E-state index contributed by atoms with van der Waals surface area (Å²) in [5.74, 6) is 0.853. The predicted molar refractivity (Wildman–Crippen MR) is 102 cm³/mol. The zero-order valence-corrected chi connectivity index (χ0v) is 16.8. The maximum atomic E-state index is 11.9. The molecule has 6 heteroatoms. The molecule has 25 heavy (non-hydrogen) atoms. The van der Waals surface area contributed by atoms with E-state index in [2.05, 4.69) is 40.3 Å². The Hall–Kier alpha value is -1.69. The largest absolute Gasteiger partial charge is 0.483 e. The lowest BCUT2D eigenvalue weighted by Gasteiger charge is -2.28. The normalized spacial score (nSPS) is 18.5. The van der Waals surface area contributed by atoms with E-state index in [-0.39, 0.29) is 23.7 Å². The van der Waals surface area contributed by atoms with Crippen LogP contribution in [0.25, 0.3) is 0 Å². The molecular weight excluding hydrogens is 384 g/mol. The van der Waals surface area contributed by atoms with Gasteiger partial charge in [0.05, 0.1) is 4.47 Å². The number of hydrogen-bond acceptors (Lipinski definition) is 4. The Kier molecular flexibility index (Phi) is 6.38. The van der Waals surface area contributed by atoms with Crippen molar-refractivity contribution in [3.63, 3.8) is 0 Å². The number of carbonyl (C=O) groups is 2. The van der Waals surface area contributed by atoms with Crippen molar-refractivity contribution in [3.8, 4) is 5.75 Å². The maximum Gasteiger partial charge on any atom is 0.277 e. The molecule has 5 nitrogen and oxygen atoms in total. The smallest absolute Gasteiger partial charge is 0.277 e. The predicted octanol–water partition coefficient (Wildman–Crippen LogP) is 4.20. The first-order valence-electron chi connectivity index (χ1n) is 8.44. The van der Waals surface area contributed by atoms with Gasteiger partial charge in [0.2, 0.25) is 0 Å². The van der Waals surface area contributed by atoms with Gasteiger partial charge in [-0.3, -0.25) is 9.59 Å². The molecule has 1 amide bonds. The third kappa shape index (κ3) is 5.96. The first kappa shape index (κ1) is 19.6. The minimum atomic E-state index is -0.344. The minimum absolute atomic E-state index is 0.0988. The van der Waals surface area contributed by atoms with Crippen LogP contribution in [0.3, 0.4) is 0 Å². The van der Waals surface area contributed by atoms with Crippen LogP contribution in [0.5, 0.6) is 5.75 Å². The van der Waals surface area contributed by atoms with Crippen molar-refractivity contribution >= 4 is 33.3 Å². The summed E-state index contributed by atoms with van der Waals surface area (Å²) in [4.78, 5) is 23.7. The fraction of sp³-hybridized carbons (Fsp3) is 0.526. The van der Waals surface area contributed by atoms with Crippen LogP contribution in [-0.4, -0.2) is 24.0 Å². The van der Waals surface area contributed by atoms with Crippen LogP contribution in [0.2, 0.25) is 0 Å². The molecule has 1 N–H and O–H groups in total. The van der Waals surface area contributed by atoms with Crippen LogP contribution >= 0.6 is 15.9 Å². The van der Waals surface area contributed by atoms with E-state index in [4.69, 9.17) is 4.74 Å². The van der Waals surface area contributed by atoms with E-state index < -0.39 is 0 Å². The summed E-state index contributed by atoms with van der Waals surface area (Å²) in [6.45, 7) is 8.16. The molecule has 0 atom stereocenters. The standard InChI is InChI=1S/C19H25BrN2O3/c1-12(2)13-5-6-17(16(20)7-13)25-11-18(24)22-21-14-8-15(23)10-19(3,4)9-14/h5-7,12H,8-11H2,1-4H3,(H,22,24)/b21-14+. The van der Waals surface area contributed by atoms with Gasteiger partial charge in [0.1, 0.15) is 11.5 Å². The van der Waals surface area contributed by atoms with E-state index in [0.717, 1.165) is 10.2 Å². The van der Waals surface area contributed by atoms with Gasteiger partial charge < -0.3 is 4.74 Å². The average molecular weight is 409 g/mol. The Morgan fingerprint density at radius 3 is 2.68 bits per heavy atom. The Bertz CT molecular complexity index is 696. The first-order valence-corrected chi connectivity index (χ1v) is 9.24. The number of ether oxygens (including phenoxy) is 1. The van der Waals surface area contributed by atoms with Gasteiger partial charge >= 0.3 is 0 Å². The first-order chi connectivity index (χ1) is 11.7. The highest BCUT2D eigenvalue weighted by Gasteiger charge is 2.30. The van der Waals surface area contributed by atoms with Crippen LogP contribution in [0.15, 0.2) is 27.8 Å². The fourth-order valence-corrected chi connectivity index (χ4v) is 3.40. The van der Waals surface area contributed by atoms with Crippen molar-refractivity contribution in [1.82, 2.24) is 5.43 Å². The second kappa shape index (κ2) is 8.13. The van der Waals surface area contributed by atoms with E-state index in [0.29, 0.717) is 30.9 Å². The summed E-state index contributed by atoms with van der Waals surface area (Å²) >= 11 is 3.46. The molecule has 1 aromatic rings. The van der Waals surface area contributed by atoms with Gasteiger partial charge in [0.15, 0.2) is 6.61 Å². The number of benzene rings is 1. The van der Waals surface area contributed by atoms with E-state index in [9.17, 15) is 9.59 Å². The highest BCUT2D eigenvalue weighted by molar-refractivity contribution is 9.10. The monoisotopic (exact) mass is 408 g/mol. The van der Waals surface area contributed by atoms with Crippen LogP contribution in [0, 0.1) is 5.41 Å². The summed E-state index contributed by atoms with van der Waals surface area (Å²) in [6.07, 6.45) is 1.58. The molecule has 0 saturated heterocycles. The Morgan fingerprint density at radius 1 is 1.36 bits per heavy atom. The lowest BCUT2D eigenvalue weighted by Crippen LogP contribution is -2.32. The number of hydrogen-bond donors (Lipinski definition) is 1. The van der Waals surface area contributed by atoms with Gasteiger partial charge in [-0.15, -0.1) is 0 Å². The molecule has 0 radical (unpaired) electrons. The van der Waals surface area contributed by atoms with Gasteiger partial charge in [-0.2, -0.15) is 5.10 Å². The SMILES string of the molecule is CC(C)c1ccc(OCC(=O)N/N=C2\CC(=O)CC(C)(C)C2)c(Br)c1. The summed E-state index contributed by atoms with van der Waals surface area (Å²) in [5.41, 5.74) is 4.30. The number of rotatable bonds is 5. The zero-order valence-electron chi connectivity index (χ0n) is 15.2. The number of nitrogens with zero attached hydrogens (tertiary/aromatic N) is 1. The summed E-state index contributed by atoms with van der Waals surface area (Å²) in [6, 6.07) is 5.83. The second-order valence-corrected chi connectivity index (χ2v) is 8.43. The van der Waals surface area contributed by atoms with E-state index in [1.54, 1.807) is 0 Å². The molecule has 0 spiro atoms. The molecule has 0 unspecified atom stereocenters. The molecule has 1 aromatic carbocycles. The summed E-state index contributed by atoms with van der Waals surface area (Å²) in [7, 11) is 0. The minimum Gasteiger partial charge on any atom is -0.483 e. The molecule has 0 heterocycles. The number of ketones is 1. The Labute approximate surface area is 157 Å². The van der Waals surface area contributed by atoms with Crippen LogP contribution in [-0.2, 0) is 9.59 Å². The lowest BCUT2D eigenvalue weighted by molar-refractivity contribution is -0.123. The number of halogens is 1. The van der Waals surface area contributed by atoms with E-state index in [1.807, 2.05) is 32.0 Å². The molecular formula is C19H25BrN2O3. The van der Waals surface area contributed by atoms with E-state index >= 15 is 0 Å². The number of amides is 1. The quantitative estimate of drug-likeness (QED) is 0.742. The molecule has 136 valence electrons. The van der Waals surface area contributed by atoms with Crippen molar-refractivity contribution in [2.75, 3.05) is 6.61 Å². The second-order valence-electron chi connectivity index (χ2n) is 7.58. The van der Waals surface area contributed by atoms with Crippen molar-refractivity contribution < 1.29 is 14.3 Å². The molecule has 0 aromatic heterocycles. The molecule has 0 bridgehead atoms. The van der Waals surface area contributed by atoms with Gasteiger partial charge in [0.25, 0.3) is 5.91 Å². The third-order valence-corrected chi connectivity index (χ3v) is 4.70. The van der Waals surface area contributed by atoms with Crippen molar-refractivity contribution in [3.05, 3.63) is 28.2 Å². The van der Waals surface area contributed by atoms with Crippen molar-refractivity contribution in [2.24, 2.45) is 10.5 Å². The fourth-order valence-electron chi connectivity index (χ4n) is 2.89.